The van der Waals surface area contributed by atoms with Crippen LogP contribution in [0.25, 0.3) is 0 Å². The third-order valence-corrected chi connectivity index (χ3v) is 5.58. The SMILES string of the molecule is CC(=O)C(NC(=O)CS(=O)(=O)C1CCOCC1)C(C)C. The van der Waals surface area contributed by atoms with Crippen LogP contribution in [0.2, 0.25) is 0 Å². The number of hydrogen-bond donors (Lipinski definition) is 1. The summed E-state index contributed by atoms with van der Waals surface area (Å²) in [6.45, 7) is 5.82. The first-order valence-electron chi connectivity index (χ1n) is 6.83. The summed E-state index contributed by atoms with van der Waals surface area (Å²) in [5.41, 5.74) is 0. The van der Waals surface area contributed by atoms with E-state index in [2.05, 4.69) is 5.32 Å². The van der Waals surface area contributed by atoms with E-state index in [0.717, 1.165) is 0 Å². The second-order valence-electron chi connectivity index (χ2n) is 5.52. The maximum Gasteiger partial charge on any atom is 0.235 e. The Balaban J connectivity index is 2.62. The van der Waals surface area contributed by atoms with Gasteiger partial charge < -0.3 is 10.1 Å². The zero-order valence-corrected chi connectivity index (χ0v) is 13.0. The molecule has 116 valence electrons. The van der Waals surface area contributed by atoms with Crippen molar-refractivity contribution in [2.75, 3.05) is 19.0 Å². The van der Waals surface area contributed by atoms with Crippen LogP contribution in [0.3, 0.4) is 0 Å². The summed E-state index contributed by atoms with van der Waals surface area (Å²) in [6.07, 6.45) is 0.853. The maximum atomic E-state index is 12.1. The van der Waals surface area contributed by atoms with Crippen LogP contribution >= 0.6 is 0 Å². The molecule has 1 aliphatic rings. The van der Waals surface area contributed by atoms with Crippen molar-refractivity contribution in [2.45, 2.75) is 44.9 Å². The van der Waals surface area contributed by atoms with Crippen LogP contribution in [0, 0.1) is 5.92 Å². The minimum atomic E-state index is -3.48. The highest BCUT2D eigenvalue weighted by atomic mass is 32.2. The Bertz CT molecular complexity index is 451. The smallest absolute Gasteiger partial charge is 0.235 e. The molecule has 1 atom stereocenters. The van der Waals surface area contributed by atoms with E-state index >= 15 is 0 Å². The van der Waals surface area contributed by atoms with E-state index in [4.69, 9.17) is 4.74 Å². The molecule has 1 N–H and O–H groups in total. The van der Waals surface area contributed by atoms with Gasteiger partial charge in [-0.2, -0.15) is 0 Å². The van der Waals surface area contributed by atoms with Crippen LogP contribution < -0.4 is 5.32 Å². The van der Waals surface area contributed by atoms with Crippen LogP contribution in [0.15, 0.2) is 0 Å². The highest BCUT2D eigenvalue weighted by Gasteiger charge is 2.31. The van der Waals surface area contributed by atoms with Gasteiger partial charge in [-0.1, -0.05) is 13.8 Å². The normalized spacial score (nSPS) is 18.8. The quantitative estimate of drug-likeness (QED) is 0.763. The number of carbonyl (C=O) groups excluding carboxylic acids is 2. The summed E-state index contributed by atoms with van der Waals surface area (Å²) in [5, 5.41) is 2.00. The monoisotopic (exact) mass is 305 g/mol. The molecule has 1 aliphatic heterocycles. The second-order valence-corrected chi connectivity index (χ2v) is 7.80. The van der Waals surface area contributed by atoms with Gasteiger partial charge in [-0.15, -0.1) is 0 Å². The third kappa shape index (κ3) is 4.86. The molecule has 0 aromatic rings. The van der Waals surface area contributed by atoms with Gasteiger partial charge in [0, 0.05) is 13.2 Å². The Hall–Kier alpha value is -0.950. The average molecular weight is 305 g/mol. The molecule has 0 radical (unpaired) electrons. The Morgan fingerprint density at radius 3 is 2.25 bits per heavy atom. The first-order chi connectivity index (χ1) is 9.24. The zero-order valence-electron chi connectivity index (χ0n) is 12.2. The lowest BCUT2D eigenvalue weighted by atomic mass is 10.0. The van der Waals surface area contributed by atoms with Gasteiger partial charge in [0.15, 0.2) is 15.6 Å². The van der Waals surface area contributed by atoms with Crippen molar-refractivity contribution in [3.05, 3.63) is 0 Å². The Morgan fingerprint density at radius 1 is 1.25 bits per heavy atom. The van der Waals surface area contributed by atoms with Gasteiger partial charge in [-0.25, -0.2) is 8.42 Å². The van der Waals surface area contributed by atoms with Crippen LogP contribution in [0.4, 0.5) is 0 Å². The molecule has 1 heterocycles. The molecule has 1 unspecified atom stereocenters. The summed E-state index contributed by atoms with van der Waals surface area (Å²) in [5.74, 6) is -1.40. The fourth-order valence-electron chi connectivity index (χ4n) is 2.29. The molecule has 7 heteroatoms. The topological polar surface area (TPSA) is 89.5 Å². The van der Waals surface area contributed by atoms with E-state index in [-0.39, 0.29) is 11.7 Å². The molecule has 0 spiro atoms. The first-order valence-corrected chi connectivity index (χ1v) is 8.54. The number of hydrogen-bond acceptors (Lipinski definition) is 5. The summed E-state index contributed by atoms with van der Waals surface area (Å²) >= 11 is 0. The van der Waals surface area contributed by atoms with Crippen molar-refractivity contribution in [3.63, 3.8) is 0 Å². The number of sulfone groups is 1. The molecule has 1 fully saturated rings. The van der Waals surface area contributed by atoms with Gasteiger partial charge in [-0.3, -0.25) is 9.59 Å². The lowest BCUT2D eigenvalue weighted by Crippen LogP contribution is -2.46. The van der Waals surface area contributed by atoms with Crippen LogP contribution in [0.1, 0.15) is 33.6 Å². The molecule has 0 aromatic carbocycles. The molecule has 0 aromatic heterocycles. The van der Waals surface area contributed by atoms with E-state index in [1.165, 1.54) is 6.92 Å². The number of nitrogens with one attached hydrogen (secondary N) is 1. The number of rotatable bonds is 6. The van der Waals surface area contributed by atoms with Crippen LogP contribution in [-0.4, -0.2) is 50.4 Å². The second kappa shape index (κ2) is 7.17. The summed E-state index contributed by atoms with van der Waals surface area (Å²) < 4.78 is 29.3. The zero-order chi connectivity index (χ0) is 15.3. The number of ketones is 1. The van der Waals surface area contributed by atoms with E-state index in [1.807, 2.05) is 0 Å². The number of amides is 1. The van der Waals surface area contributed by atoms with Crippen molar-refractivity contribution >= 4 is 21.5 Å². The third-order valence-electron chi connectivity index (χ3n) is 3.43. The molecule has 1 amide bonds. The average Bonchev–Trinajstić information content (AvgIpc) is 2.35. The predicted molar refractivity (Wildman–Crippen MR) is 75.1 cm³/mol. The maximum absolute atomic E-state index is 12.1. The molecule has 0 bridgehead atoms. The molecule has 20 heavy (non-hydrogen) atoms. The van der Waals surface area contributed by atoms with Gasteiger partial charge in [0.05, 0.1) is 11.3 Å². The Kier molecular flexibility index (Phi) is 6.13. The fourth-order valence-corrected chi connectivity index (χ4v) is 3.88. The van der Waals surface area contributed by atoms with E-state index in [0.29, 0.717) is 26.1 Å². The van der Waals surface area contributed by atoms with Crippen LogP contribution in [0.5, 0.6) is 0 Å². The largest absolute Gasteiger partial charge is 0.381 e. The Morgan fingerprint density at radius 2 is 1.80 bits per heavy atom. The van der Waals surface area contributed by atoms with E-state index < -0.39 is 32.8 Å². The molecule has 6 nitrogen and oxygen atoms in total. The van der Waals surface area contributed by atoms with E-state index in [9.17, 15) is 18.0 Å². The summed E-state index contributed by atoms with van der Waals surface area (Å²) in [4.78, 5) is 23.3. The minimum Gasteiger partial charge on any atom is -0.381 e. The van der Waals surface area contributed by atoms with Gasteiger partial charge in [0.25, 0.3) is 0 Å². The van der Waals surface area contributed by atoms with Crippen LogP contribution in [-0.2, 0) is 24.2 Å². The van der Waals surface area contributed by atoms with Gasteiger partial charge in [-0.05, 0) is 25.7 Å². The van der Waals surface area contributed by atoms with Crippen molar-refractivity contribution in [1.82, 2.24) is 5.32 Å². The molecule has 1 rings (SSSR count). The van der Waals surface area contributed by atoms with Gasteiger partial charge in [0.2, 0.25) is 5.91 Å². The highest BCUT2D eigenvalue weighted by Crippen LogP contribution is 2.16. The molecule has 0 aliphatic carbocycles. The lowest BCUT2D eigenvalue weighted by Gasteiger charge is -2.23. The Labute approximate surface area is 120 Å². The highest BCUT2D eigenvalue weighted by molar-refractivity contribution is 7.92. The lowest BCUT2D eigenvalue weighted by molar-refractivity contribution is -0.126. The van der Waals surface area contributed by atoms with Crippen molar-refractivity contribution in [1.29, 1.82) is 0 Å². The van der Waals surface area contributed by atoms with Crippen molar-refractivity contribution in [3.8, 4) is 0 Å². The molecular formula is C13H23NO5S. The number of Topliss-reactive ketones (excluding diaryl/α,β-unsaturated/α-hetero) is 1. The van der Waals surface area contributed by atoms with Crippen molar-refractivity contribution in [2.24, 2.45) is 5.92 Å². The summed E-state index contributed by atoms with van der Waals surface area (Å²) in [6, 6.07) is -0.632. The van der Waals surface area contributed by atoms with Gasteiger partial charge in [0.1, 0.15) is 5.75 Å². The predicted octanol–water partition coefficient (Wildman–Crippen LogP) is 0.310. The summed E-state index contributed by atoms with van der Waals surface area (Å²) in [7, 11) is -3.48. The minimum absolute atomic E-state index is 0.0674. The number of ether oxygens (including phenoxy) is 1. The standard InChI is InChI=1S/C13H23NO5S/c1-9(2)13(10(3)15)14-12(16)8-20(17,18)11-4-6-19-7-5-11/h9,11,13H,4-8H2,1-3H3,(H,14,16). The molecular weight excluding hydrogens is 282 g/mol. The molecule has 1 saturated heterocycles. The van der Waals surface area contributed by atoms with E-state index in [1.54, 1.807) is 13.8 Å². The molecule has 0 saturated carbocycles. The first kappa shape index (κ1) is 17.1. The fraction of sp³-hybridized carbons (Fsp3) is 0.846. The van der Waals surface area contributed by atoms with Gasteiger partial charge >= 0.3 is 0 Å². The number of carbonyl (C=O) groups is 2. The van der Waals surface area contributed by atoms with Crippen molar-refractivity contribution < 1.29 is 22.7 Å².